The van der Waals surface area contributed by atoms with E-state index in [1.165, 1.54) is 26.4 Å². The molecule has 0 aliphatic rings. The molecule has 0 radical (unpaired) electrons. The summed E-state index contributed by atoms with van der Waals surface area (Å²) in [5.41, 5.74) is 5.46. The molecular weight excluding hydrogens is 300 g/mol. The topological polar surface area (TPSA) is 99.9 Å². The summed E-state index contributed by atoms with van der Waals surface area (Å²) in [4.78, 5) is 23.2. The summed E-state index contributed by atoms with van der Waals surface area (Å²) in [6, 6.07) is 3.13. The van der Waals surface area contributed by atoms with Crippen LogP contribution in [0.1, 0.15) is 37.0 Å². The van der Waals surface area contributed by atoms with Gasteiger partial charge in [-0.15, -0.1) is 0 Å². The second kappa shape index (κ2) is 8.87. The highest BCUT2D eigenvalue weighted by atomic mass is 16.5. The summed E-state index contributed by atoms with van der Waals surface area (Å²) in [7, 11) is 2.88. The van der Waals surface area contributed by atoms with Crippen molar-refractivity contribution in [1.29, 1.82) is 0 Å². The highest BCUT2D eigenvalue weighted by Crippen LogP contribution is 2.38. The largest absolute Gasteiger partial charge is 0.493 e. The van der Waals surface area contributed by atoms with Crippen molar-refractivity contribution in [3.05, 3.63) is 17.7 Å². The molecule has 0 aromatic heterocycles. The fourth-order valence-corrected chi connectivity index (χ4v) is 2.11. The first-order chi connectivity index (χ1) is 10.9. The molecule has 0 heterocycles. The Balaban J connectivity index is 3.07. The van der Waals surface area contributed by atoms with Gasteiger partial charge in [-0.1, -0.05) is 13.3 Å². The molecule has 1 aromatic rings. The number of amides is 2. The van der Waals surface area contributed by atoms with E-state index in [0.29, 0.717) is 17.1 Å². The van der Waals surface area contributed by atoms with Crippen molar-refractivity contribution in [3.63, 3.8) is 0 Å². The molecule has 1 rings (SSSR count). The fraction of sp³-hybridized carbons (Fsp3) is 0.500. The Hall–Kier alpha value is -2.44. The molecule has 0 fully saturated rings. The number of hydrogen-bond acceptors (Lipinski definition) is 5. The molecule has 0 saturated carbocycles. The highest BCUT2D eigenvalue weighted by molar-refractivity contribution is 5.95. The highest BCUT2D eigenvalue weighted by Gasteiger charge is 2.19. The third-order valence-electron chi connectivity index (χ3n) is 3.18. The van der Waals surface area contributed by atoms with E-state index in [1.54, 1.807) is 0 Å². The third-order valence-corrected chi connectivity index (χ3v) is 3.18. The van der Waals surface area contributed by atoms with Gasteiger partial charge < -0.3 is 25.3 Å². The minimum atomic E-state index is -0.621. The number of carbonyl (C=O) groups excluding carboxylic acids is 2. The van der Waals surface area contributed by atoms with Crippen molar-refractivity contribution in [2.45, 2.75) is 32.7 Å². The summed E-state index contributed by atoms with van der Waals surface area (Å²) < 4.78 is 15.8. The van der Waals surface area contributed by atoms with Crippen LogP contribution in [0.4, 0.5) is 0 Å². The average molecular weight is 324 g/mol. The van der Waals surface area contributed by atoms with E-state index in [9.17, 15) is 9.59 Å². The van der Waals surface area contributed by atoms with Crippen LogP contribution >= 0.6 is 0 Å². The molecule has 23 heavy (non-hydrogen) atoms. The maximum Gasteiger partial charge on any atom is 0.255 e. The van der Waals surface area contributed by atoms with Crippen LogP contribution < -0.4 is 25.3 Å². The third kappa shape index (κ3) is 5.36. The van der Waals surface area contributed by atoms with Gasteiger partial charge in [0.25, 0.3) is 11.8 Å². The Morgan fingerprint density at radius 3 is 2.22 bits per heavy atom. The summed E-state index contributed by atoms with van der Waals surface area (Å²) in [5, 5.41) is 2.90. The summed E-state index contributed by atoms with van der Waals surface area (Å²) in [6.07, 6.45) is 1.87. The Morgan fingerprint density at radius 2 is 1.78 bits per heavy atom. The lowest BCUT2D eigenvalue weighted by molar-refractivity contribution is -0.120. The van der Waals surface area contributed by atoms with E-state index < -0.39 is 5.91 Å². The van der Waals surface area contributed by atoms with Gasteiger partial charge in [-0.2, -0.15) is 0 Å². The number of nitrogens with two attached hydrogens (primary N) is 1. The van der Waals surface area contributed by atoms with Gasteiger partial charge in [-0.25, -0.2) is 0 Å². The maximum absolute atomic E-state index is 12.3. The zero-order valence-electron chi connectivity index (χ0n) is 14.0. The number of rotatable bonds is 9. The number of nitrogens with one attached hydrogen (secondary N) is 1. The lowest BCUT2D eigenvalue weighted by Crippen LogP contribution is -2.32. The minimum Gasteiger partial charge on any atom is -0.493 e. The number of carbonyl (C=O) groups is 2. The predicted octanol–water partition coefficient (Wildman–Crippen LogP) is 1.49. The van der Waals surface area contributed by atoms with Crippen molar-refractivity contribution in [1.82, 2.24) is 5.32 Å². The van der Waals surface area contributed by atoms with Crippen molar-refractivity contribution < 1.29 is 23.8 Å². The molecule has 128 valence electrons. The molecule has 3 N–H and O–H groups in total. The van der Waals surface area contributed by atoms with Crippen LogP contribution in [-0.4, -0.2) is 38.7 Å². The number of benzene rings is 1. The van der Waals surface area contributed by atoms with Crippen molar-refractivity contribution in [3.8, 4) is 17.2 Å². The summed E-state index contributed by atoms with van der Waals surface area (Å²) in [5.74, 6) is -0.0435. The first-order valence-corrected chi connectivity index (χ1v) is 7.40. The molecule has 1 aromatic carbocycles. The lowest BCUT2D eigenvalue weighted by Gasteiger charge is -2.17. The molecule has 7 nitrogen and oxygen atoms in total. The first-order valence-electron chi connectivity index (χ1n) is 7.40. The second-order valence-electron chi connectivity index (χ2n) is 5.13. The molecule has 2 amide bonds. The molecule has 0 aliphatic carbocycles. The lowest BCUT2D eigenvalue weighted by atomic mass is 10.1. The zero-order valence-corrected chi connectivity index (χ0v) is 14.0. The van der Waals surface area contributed by atoms with Gasteiger partial charge in [-0.05, 0) is 25.5 Å². The maximum atomic E-state index is 12.3. The van der Waals surface area contributed by atoms with E-state index >= 15 is 0 Å². The first kappa shape index (κ1) is 18.6. The quantitative estimate of drug-likeness (QED) is 0.717. The van der Waals surface area contributed by atoms with Crippen LogP contribution in [0.3, 0.4) is 0 Å². The van der Waals surface area contributed by atoms with Gasteiger partial charge in [0.05, 0.1) is 14.2 Å². The van der Waals surface area contributed by atoms with Crippen LogP contribution in [0, 0.1) is 0 Å². The Bertz CT molecular complexity index is 534. The second-order valence-corrected chi connectivity index (χ2v) is 5.13. The standard InChI is InChI=1S/C16H24N2O5/c1-5-6-10(2)18-16(20)11-7-12(21-3)15(13(8-11)22-4)23-9-14(17)19/h7-8,10H,5-6,9H2,1-4H3,(H2,17,19)(H,18,20)/t10-/m0/s1. The molecule has 0 saturated heterocycles. The Labute approximate surface area is 136 Å². The molecule has 0 unspecified atom stereocenters. The normalized spacial score (nSPS) is 11.5. The minimum absolute atomic E-state index is 0.0651. The Morgan fingerprint density at radius 1 is 1.22 bits per heavy atom. The summed E-state index contributed by atoms with van der Waals surface area (Å²) in [6.45, 7) is 3.69. The monoisotopic (exact) mass is 324 g/mol. The van der Waals surface area contributed by atoms with Gasteiger partial charge in [0.15, 0.2) is 18.1 Å². The molecular formula is C16H24N2O5. The van der Waals surface area contributed by atoms with Crippen LogP contribution in [-0.2, 0) is 4.79 Å². The molecule has 0 aliphatic heterocycles. The Kier molecular flexibility index (Phi) is 7.18. The zero-order chi connectivity index (χ0) is 17.4. The van der Waals surface area contributed by atoms with Gasteiger partial charge in [0.2, 0.25) is 5.75 Å². The van der Waals surface area contributed by atoms with Crippen LogP contribution in [0.5, 0.6) is 17.2 Å². The van der Waals surface area contributed by atoms with Crippen LogP contribution in [0.25, 0.3) is 0 Å². The fourth-order valence-electron chi connectivity index (χ4n) is 2.11. The number of ether oxygens (including phenoxy) is 3. The van der Waals surface area contributed by atoms with E-state index in [0.717, 1.165) is 12.8 Å². The van der Waals surface area contributed by atoms with Crippen LogP contribution in [0.2, 0.25) is 0 Å². The predicted molar refractivity (Wildman–Crippen MR) is 86.1 cm³/mol. The summed E-state index contributed by atoms with van der Waals surface area (Å²) >= 11 is 0. The molecule has 0 spiro atoms. The SMILES string of the molecule is CCC[C@H](C)NC(=O)c1cc(OC)c(OCC(N)=O)c(OC)c1. The number of primary amides is 1. The van der Waals surface area contributed by atoms with Crippen LogP contribution in [0.15, 0.2) is 12.1 Å². The van der Waals surface area contributed by atoms with E-state index in [2.05, 4.69) is 12.2 Å². The smallest absolute Gasteiger partial charge is 0.255 e. The average Bonchev–Trinajstić information content (AvgIpc) is 2.51. The van der Waals surface area contributed by atoms with Crippen molar-refractivity contribution in [2.75, 3.05) is 20.8 Å². The number of methoxy groups -OCH3 is 2. The van der Waals surface area contributed by atoms with Crippen molar-refractivity contribution >= 4 is 11.8 Å². The van der Waals surface area contributed by atoms with E-state index in [4.69, 9.17) is 19.9 Å². The van der Waals surface area contributed by atoms with Gasteiger partial charge >= 0.3 is 0 Å². The van der Waals surface area contributed by atoms with Gasteiger partial charge in [-0.3, -0.25) is 9.59 Å². The molecule has 7 heteroatoms. The van der Waals surface area contributed by atoms with E-state index in [-0.39, 0.29) is 24.3 Å². The van der Waals surface area contributed by atoms with Gasteiger partial charge in [0, 0.05) is 11.6 Å². The molecule has 0 bridgehead atoms. The van der Waals surface area contributed by atoms with E-state index in [1.807, 2.05) is 6.92 Å². The van der Waals surface area contributed by atoms with Gasteiger partial charge in [0.1, 0.15) is 0 Å². The number of hydrogen-bond donors (Lipinski definition) is 2. The van der Waals surface area contributed by atoms with Crippen molar-refractivity contribution in [2.24, 2.45) is 5.73 Å². The molecule has 1 atom stereocenters.